The van der Waals surface area contributed by atoms with Crippen LogP contribution in [0.25, 0.3) is 0 Å². The Morgan fingerprint density at radius 2 is 1.93 bits per heavy atom. The van der Waals surface area contributed by atoms with Crippen molar-refractivity contribution in [1.82, 2.24) is 9.44 Å². The van der Waals surface area contributed by atoms with Gasteiger partial charge in [0.25, 0.3) is 0 Å². The van der Waals surface area contributed by atoms with Crippen LogP contribution in [0.15, 0.2) is 0 Å². The molecule has 0 saturated heterocycles. The van der Waals surface area contributed by atoms with E-state index in [1.165, 1.54) is 0 Å². The Hall–Kier alpha value is -0.860. The lowest BCUT2D eigenvalue weighted by atomic mass is 10.4. The van der Waals surface area contributed by atoms with Gasteiger partial charge < -0.3 is 10.5 Å². The summed E-state index contributed by atoms with van der Waals surface area (Å²) in [6, 6.07) is -0.450. The minimum Gasteiger partial charge on any atom is -0.446 e. The van der Waals surface area contributed by atoms with E-state index in [0.29, 0.717) is 0 Å². The van der Waals surface area contributed by atoms with Crippen molar-refractivity contribution in [1.29, 1.82) is 0 Å². The number of hydrogen-bond acceptors (Lipinski definition) is 5. The number of nitrogens with one attached hydrogen (secondary N) is 2. The maximum atomic E-state index is 11.2. The van der Waals surface area contributed by atoms with Crippen LogP contribution >= 0.6 is 0 Å². The average Bonchev–Trinajstić information content (AvgIpc) is 1.99. The van der Waals surface area contributed by atoms with Crippen molar-refractivity contribution in [3.63, 3.8) is 0 Å². The number of carbonyl (C=O) groups is 1. The predicted molar refractivity (Wildman–Crippen MR) is 55.3 cm³/mol. The van der Waals surface area contributed by atoms with Crippen LogP contribution in [0.4, 0.5) is 4.79 Å². The number of ether oxygens (including phenoxy) is 1. The molecule has 0 rings (SSSR count). The minimum atomic E-state index is -3.89. The fourth-order valence-corrected chi connectivity index (χ4v) is 1.64. The highest BCUT2D eigenvalue weighted by Gasteiger charge is 2.17. The number of hydrogen-bond donors (Lipinski definition) is 3. The molecule has 0 fully saturated rings. The van der Waals surface area contributed by atoms with Gasteiger partial charge in [0, 0.05) is 12.6 Å². The zero-order valence-corrected chi connectivity index (χ0v) is 9.80. The van der Waals surface area contributed by atoms with Crippen molar-refractivity contribution in [3.05, 3.63) is 0 Å². The molecular weight excluding hydrogens is 222 g/mol. The van der Waals surface area contributed by atoms with Crippen LogP contribution in [0.2, 0.25) is 0 Å². The summed E-state index contributed by atoms with van der Waals surface area (Å²) >= 11 is 0. The van der Waals surface area contributed by atoms with Crippen LogP contribution in [0.1, 0.15) is 20.8 Å². The molecule has 0 heterocycles. The van der Waals surface area contributed by atoms with E-state index in [1.54, 1.807) is 25.5 Å². The largest absolute Gasteiger partial charge is 0.446 e. The van der Waals surface area contributed by atoms with E-state index < -0.39 is 22.3 Å². The first-order chi connectivity index (χ1) is 6.76. The second-order valence-electron chi connectivity index (χ2n) is 3.31. The van der Waals surface area contributed by atoms with Gasteiger partial charge in [0.15, 0.2) is 0 Å². The zero-order chi connectivity index (χ0) is 12.1. The Labute approximate surface area is 89.5 Å². The Balaban J connectivity index is 4.20. The van der Waals surface area contributed by atoms with Gasteiger partial charge in [0.05, 0.1) is 6.10 Å². The minimum absolute atomic E-state index is 0.139. The number of amides is 1. The van der Waals surface area contributed by atoms with Crippen LogP contribution in [-0.4, -0.2) is 33.2 Å². The summed E-state index contributed by atoms with van der Waals surface area (Å²) in [4.78, 5) is 11.0. The summed E-state index contributed by atoms with van der Waals surface area (Å²) in [7, 11) is -3.89. The zero-order valence-electron chi connectivity index (χ0n) is 8.98. The van der Waals surface area contributed by atoms with Crippen LogP contribution < -0.4 is 15.2 Å². The van der Waals surface area contributed by atoms with Crippen LogP contribution in [0.3, 0.4) is 0 Å². The number of nitrogens with two attached hydrogens (primary N) is 1. The van der Waals surface area contributed by atoms with Crippen molar-refractivity contribution in [3.8, 4) is 0 Å². The molecule has 0 bridgehead atoms. The van der Waals surface area contributed by atoms with E-state index in [2.05, 4.69) is 9.46 Å². The molecule has 0 aromatic carbocycles. The molecule has 8 heteroatoms. The topological polar surface area (TPSA) is 111 Å². The van der Waals surface area contributed by atoms with E-state index >= 15 is 0 Å². The Morgan fingerprint density at radius 1 is 1.40 bits per heavy atom. The molecule has 0 spiro atoms. The van der Waals surface area contributed by atoms with Crippen LogP contribution in [0, 0.1) is 0 Å². The van der Waals surface area contributed by atoms with Crippen molar-refractivity contribution in [2.24, 2.45) is 5.73 Å². The molecule has 1 amide bonds. The first kappa shape index (κ1) is 14.1. The SMILES string of the molecule is CC(C)OC(=O)NS(=O)(=O)N[C@H](C)CN. The van der Waals surface area contributed by atoms with Crippen molar-refractivity contribution >= 4 is 16.3 Å². The molecule has 0 aromatic rings. The highest BCUT2D eigenvalue weighted by Crippen LogP contribution is 1.90. The van der Waals surface area contributed by atoms with Gasteiger partial charge in [-0.05, 0) is 20.8 Å². The molecule has 0 unspecified atom stereocenters. The summed E-state index contributed by atoms with van der Waals surface area (Å²) in [6.07, 6.45) is -1.39. The van der Waals surface area contributed by atoms with E-state index in [-0.39, 0.29) is 12.6 Å². The van der Waals surface area contributed by atoms with E-state index in [9.17, 15) is 13.2 Å². The Morgan fingerprint density at radius 3 is 2.33 bits per heavy atom. The molecular formula is C7H17N3O4S. The summed E-state index contributed by atoms with van der Waals surface area (Å²) in [5, 5.41) is 0. The smallest absolute Gasteiger partial charge is 0.422 e. The first-order valence-electron chi connectivity index (χ1n) is 4.47. The third kappa shape index (κ3) is 7.11. The Bertz CT molecular complexity index is 301. The fourth-order valence-electron chi connectivity index (χ4n) is 0.690. The molecule has 4 N–H and O–H groups in total. The first-order valence-corrected chi connectivity index (χ1v) is 5.96. The third-order valence-electron chi connectivity index (χ3n) is 1.27. The van der Waals surface area contributed by atoms with Crippen molar-refractivity contribution in [2.75, 3.05) is 6.54 Å². The molecule has 0 aliphatic heterocycles. The molecule has 1 atom stereocenters. The molecule has 0 aliphatic rings. The third-order valence-corrected chi connectivity index (χ3v) is 2.42. The van der Waals surface area contributed by atoms with Gasteiger partial charge >= 0.3 is 16.3 Å². The van der Waals surface area contributed by atoms with Crippen molar-refractivity contribution in [2.45, 2.75) is 32.9 Å². The normalized spacial score (nSPS) is 13.7. The van der Waals surface area contributed by atoms with Crippen LogP contribution in [0.5, 0.6) is 0 Å². The lowest BCUT2D eigenvalue weighted by molar-refractivity contribution is 0.121. The van der Waals surface area contributed by atoms with Gasteiger partial charge in [0.2, 0.25) is 0 Å². The molecule has 90 valence electrons. The highest BCUT2D eigenvalue weighted by atomic mass is 32.2. The molecule has 0 radical (unpaired) electrons. The average molecular weight is 239 g/mol. The molecule has 0 saturated carbocycles. The maximum absolute atomic E-state index is 11.2. The van der Waals surface area contributed by atoms with Gasteiger partial charge in [-0.25, -0.2) is 9.52 Å². The number of rotatable bonds is 5. The van der Waals surface area contributed by atoms with E-state index in [4.69, 9.17) is 5.73 Å². The lowest BCUT2D eigenvalue weighted by Crippen LogP contribution is -2.46. The number of carbonyl (C=O) groups excluding carboxylic acids is 1. The van der Waals surface area contributed by atoms with E-state index in [0.717, 1.165) is 0 Å². The maximum Gasteiger partial charge on any atom is 0.422 e. The summed E-state index contributed by atoms with van der Waals surface area (Å²) in [5.41, 5.74) is 5.22. The molecule has 0 aromatic heterocycles. The molecule has 15 heavy (non-hydrogen) atoms. The second kappa shape index (κ2) is 5.89. The Kier molecular flexibility index (Phi) is 5.55. The highest BCUT2D eigenvalue weighted by molar-refractivity contribution is 7.88. The predicted octanol–water partition coefficient (Wildman–Crippen LogP) is -0.697. The second-order valence-corrected chi connectivity index (χ2v) is 4.76. The lowest BCUT2D eigenvalue weighted by Gasteiger charge is -2.13. The summed E-state index contributed by atoms with van der Waals surface area (Å²) < 4.78 is 30.9. The van der Waals surface area contributed by atoms with Gasteiger partial charge in [-0.15, -0.1) is 0 Å². The summed E-state index contributed by atoms with van der Waals surface area (Å²) in [6.45, 7) is 4.94. The van der Waals surface area contributed by atoms with Crippen molar-refractivity contribution < 1.29 is 17.9 Å². The molecule has 7 nitrogen and oxygen atoms in total. The fraction of sp³-hybridized carbons (Fsp3) is 0.857. The summed E-state index contributed by atoms with van der Waals surface area (Å²) in [5.74, 6) is 0. The standard InChI is InChI=1S/C7H17N3O4S/c1-5(2)14-7(11)10-15(12,13)9-6(3)4-8/h5-6,9H,4,8H2,1-3H3,(H,10,11)/t6-/m1/s1. The molecule has 0 aliphatic carbocycles. The van der Waals surface area contributed by atoms with Gasteiger partial charge in [-0.1, -0.05) is 0 Å². The van der Waals surface area contributed by atoms with Gasteiger partial charge in [0.1, 0.15) is 0 Å². The van der Waals surface area contributed by atoms with Gasteiger partial charge in [-0.3, -0.25) is 0 Å². The van der Waals surface area contributed by atoms with E-state index in [1.807, 2.05) is 0 Å². The van der Waals surface area contributed by atoms with Crippen LogP contribution in [-0.2, 0) is 14.9 Å². The quantitative estimate of drug-likeness (QED) is 0.587. The van der Waals surface area contributed by atoms with Gasteiger partial charge in [-0.2, -0.15) is 13.1 Å². The monoisotopic (exact) mass is 239 g/mol.